The van der Waals surface area contributed by atoms with Crippen LogP contribution in [0.2, 0.25) is 0 Å². The van der Waals surface area contributed by atoms with Gasteiger partial charge in [0.25, 0.3) is 5.69 Å². The van der Waals surface area contributed by atoms with Crippen LogP contribution in [0.1, 0.15) is 18.4 Å². The number of nitrogens with one attached hydrogen (secondary N) is 1. The van der Waals surface area contributed by atoms with Crippen LogP contribution in [0.3, 0.4) is 0 Å². The Hall–Kier alpha value is -1.64. The van der Waals surface area contributed by atoms with Crippen LogP contribution in [0.5, 0.6) is 0 Å². The fraction of sp³-hybridized carbons (Fsp3) is 0.400. The summed E-state index contributed by atoms with van der Waals surface area (Å²) >= 11 is 0. The molecular formula is C10H10F3N2O5P. The van der Waals surface area contributed by atoms with E-state index in [2.05, 4.69) is 5.32 Å². The summed E-state index contributed by atoms with van der Waals surface area (Å²) in [5.74, 6) is 0. The summed E-state index contributed by atoms with van der Waals surface area (Å²) in [5.41, 5.74) is -2.45. The molecule has 1 fully saturated rings. The zero-order valence-corrected chi connectivity index (χ0v) is 11.2. The number of nitrogens with zero attached hydrogens (tertiary/aromatic N) is 1. The Morgan fingerprint density at radius 3 is 2.29 bits per heavy atom. The lowest BCUT2D eigenvalue weighted by atomic mass is 10.1. The van der Waals surface area contributed by atoms with Crippen molar-refractivity contribution in [1.82, 2.24) is 0 Å². The second-order valence-corrected chi connectivity index (χ2v) is 6.63. The number of nitro benzene ring substituents is 1. The number of benzene rings is 1. The van der Waals surface area contributed by atoms with Crippen molar-refractivity contribution in [2.24, 2.45) is 0 Å². The van der Waals surface area contributed by atoms with E-state index < -0.39 is 35.2 Å². The maximum absolute atomic E-state index is 12.5. The molecule has 1 aliphatic rings. The topological polar surface area (TPSA) is 113 Å². The molecule has 0 unspecified atom stereocenters. The molecule has 0 saturated heterocycles. The molecule has 0 atom stereocenters. The SMILES string of the molecule is O=[N+]([O-])c1cc(C(F)(F)F)ccc1NC1(P(=O)(O)O)CC1. The molecule has 0 amide bonds. The van der Waals surface area contributed by atoms with Gasteiger partial charge in [0.2, 0.25) is 0 Å². The predicted molar refractivity (Wildman–Crippen MR) is 65.7 cm³/mol. The highest BCUT2D eigenvalue weighted by Gasteiger charge is 2.58. The molecular weight excluding hydrogens is 316 g/mol. The fourth-order valence-electron chi connectivity index (χ4n) is 1.82. The molecule has 3 N–H and O–H groups in total. The standard InChI is InChI=1S/C10H10F3N2O5P/c11-10(12,13)6-1-2-7(8(5-6)15(16)17)14-9(3-4-9)21(18,19)20/h1-2,5,14H,3-4H2,(H2,18,19,20). The number of nitro groups is 1. The highest BCUT2D eigenvalue weighted by Crippen LogP contribution is 2.64. The molecule has 0 radical (unpaired) electrons. The Kier molecular flexibility index (Phi) is 3.51. The summed E-state index contributed by atoms with van der Waals surface area (Å²) in [4.78, 5) is 28.2. The number of hydrogen-bond acceptors (Lipinski definition) is 4. The van der Waals surface area contributed by atoms with Crippen molar-refractivity contribution >= 4 is 19.0 Å². The van der Waals surface area contributed by atoms with Gasteiger partial charge in [-0.15, -0.1) is 0 Å². The van der Waals surface area contributed by atoms with E-state index in [4.69, 9.17) is 0 Å². The van der Waals surface area contributed by atoms with Gasteiger partial charge in [-0.05, 0) is 25.0 Å². The Bertz CT molecular complexity index is 638. The third kappa shape index (κ3) is 3.02. The maximum atomic E-state index is 12.5. The smallest absolute Gasteiger partial charge is 0.363 e. The van der Waals surface area contributed by atoms with Gasteiger partial charge in [0.15, 0.2) is 0 Å². The van der Waals surface area contributed by atoms with Crippen LogP contribution in [0, 0.1) is 10.1 Å². The molecule has 0 heterocycles. The molecule has 0 aromatic heterocycles. The number of rotatable bonds is 4. The lowest BCUT2D eigenvalue weighted by Gasteiger charge is -2.20. The van der Waals surface area contributed by atoms with Crippen LogP contribution >= 0.6 is 7.60 Å². The van der Waals surface area contributed by atoms with Gasteiger partial charge in [0, 0.05) is 6.07 Å². The second-order valence-electron chi connectivity index (χ2n) is 4.69. The van der Waals surface area contributed by atoms with Crippen LogP contribution in [-0.2, 0) is 10.7 Å². The van der Waals surface area contributed by atoms with Gasteiger partial charge < -0.3 is 15.1 Å². The van der Waals surface area contributed by atoms with Gasteiger partial charge >= 0.3 is 13.8 Å². The summed E-state index contributed by atoms with van der Waals surface area (Å²) in [6.45, 7) is 0. The molecule has 1 saturated carbocycles. The first-order valence-electron chi connectivity index (χ1n) is 5.66. The fourth-order valence-corrected chi connectivity index (χ4v) is 2.78. The molecule has 11 heteroatoms. The Morgan fingerprint density at radius 1 is 1.33 bits per heavy atom. The Morgan fingerprint density at radius 2 is 1.90 bits per heavy atom. The average molecular weight is 326 g/mol. The van der Waals surface area contributed by atoms with Crippen LogP contribution < -0.4 is 5.32 Å². The van der Waals surface area contributed by atoms with Crippen LogP contribution in [0.4, 0.5) is 24.5 Å². The molecule has 1 aliphatic carbocycles. The van der Waals surface area contributed by atoms with Crippen molar-refractivity contribution in [2.45, 2.75) is 24.3 Å². The van der Waals surface area contributed by atoms with E-state index in [0.29, 0.717) is 12.1 Å². The molecule has 0 bridgehead atoms. The molecule has 2 rings (SSSR count). The van der Waals surface area contributed by atoms with E-state index in [1.807, 2.05) is 0 Å². The van der Waals surface area contributed by atoms with Gasteiger partial charge in [0.1, 0.15) is 11.0 Å². The second kappa shape index (κ2) is 4.69. The lowest BCUT2D eigenvalue weighted by molar-refractivity contribution is -0.384. The summed E-state index contributed by atoms with van der Waals surface area (Å²) < 4.78 is 48.9. The maximum Gasteiger partial charge on any atom is 0.416 e. The first-order chi connectivity index (χ1) is 9.46. The van der Waals surface area contributed by atoms with Crippen molar-refractivity contribution in [3.05, 3.63) is 33.9 Å². The van der Waals surface area contributed by atoms with E-state index >= 15 is 0 Å². The first-order valence-corrected chi connectivity index (χ1v) is 7.27. The van der Waals surface area contributed by atoms with Crippen LogP contribution in [-0.4, -0.2) is 20.0 Å². The highest BCUT2D eigenvalue weighted by atomic mass is 31.2. The lowest BCUT2D eigenvalue weighted by Crippen LogP contribution is -2.22. The van der Waals surface area contributed by atoms with E-state index in [1.165, 1.54) is 0 Å². The largest absolute Gasteiger partial charge is 0.416 e. The van der Waals surface area contributed by atoms with E-state index in [1.54, 1.807) is 0 Å². The highest BCUT2D eigenvalue weighted by molar-refractivity contribution is 7.54. The van der Waals surface area contributed by atoms with E-state index in [-0.39, 0.29) is 18.5 Å². The van der Waals surface area contributed by atoms with E-state index in [0.717, 1.165) is 6.07 Å². The minimum atomic E-state index is -4.75. The van der Waals surface area contributed by atoms with Gasteiger partial charge in [0.05, 0.1) is 10.5 Å². The molecule has 0 aliphatic heterocycles. The first kappa shape index (κ1) is 15.7. The molecule has 1 aromatic carbocycles. The monoisotopic (exact) mass is 326 g/mol. The quantitative estimate of drug-likeness (QED) is 0.445. The molecule has 116 valence electrons. The molecule has 7 nitrogen and oxygen atoms in total. The third-order valence-corrected chi connectivity index (χ3v) is 4.84. The molecule has 21 heavy (non-hydrogen) atoms. The van der Waals surface area contributed by atoms with Crippen molar-refractivity contribution in [2.75, 3.05) is 5.32 Å². The summed E-state index contributed by atoms with van der Waals surface area (Å²) in [6, 6.07) is 1.75. The summed E-state index contributed by atoms with van der Waals surface area (Å²) in [7, 11) is -4.57. The summed E-state index contributed by atoms with van der Waals surface area (Å²) in [6.07, 6.45) is -4.59. The van der Waals surface area contributed by atoms with Crippen molar-refractivity contribution in [3.63, 3.8) is 0 Å². The minimum absolute atomic E-state index is 0.0788. The summed E-state index contributed by atoms with van der Waals surface area (Å²) in [5, 5.41) is 11.6. The number of anilines is 1. The predicted octanol–water partition coefficient (Wildman–Crippen LogP) is 2.69. The van der Waals surface area contributed by atoms with E-state index in [9.17, 15) is 37.6 Å². The zero-order chi connectivity index (χ0) is 16.1. The zero-order valence-electron chi connectivity index (χ0n) is 10.3. The number of alkyl halides is 3. The minimum Gasteiger partial charge on any atom is -0.363 e. The Labute approximate surface area is 116 Å². The molecule has 1 aromatic rings. The third-order valence-electron chi connectivity index (χ3n) is 3.17. The number of halogens is 3. The van der Waals surface area contributed by atoms with Crippen molar-refractivity contribution in [1.29, 1.82) is 0 Å². The van der Waals surface area contributed by atoms with Gasteiger partial charge in [-0.2, -0.15) is 13.2 Å². The Balaban J connectivity index is 2.41. The van der Waals surface area contributed by atoms with Crippen molar-refractivity contribution < 1.29 is 32.4 Å². The number of hydrogen-bond donors (Lipinski definition) is 3. The van der Waals surface area contributed by atoms with Crippen LogP contribution in [0.15, 0.2) is 18.2 Å². The average Bonchev–Trinajstić information content (AvgIpc) is 3.08. The van der Waals surface area contributed by atoms with Crippen molar-refractivity contribution in [3.8, 4) is 0 Å². The van der Waals surface area contributed by atoms with Gasteiger partial charge in [-0.1, -0.05) is 0 Å². The van der Waals surface area contributed by atoms with Gasteiger partial charge in [-0.3, -0.25) is 14.7 Å². The molecule has 0 spiro atoms. The van der Waals surface area contributed by atoms with Gasteiger partial charge in [-0.25, -0.2) is 0 Å². The normalized spacial score (nSPS) is 17.4. The van der Waals surface area contributed by atoms with Crippen LogP contribution in [0.25, 0.3) is 0 Å².